The van der Waals surface area contributed by atoms with E-state index in [1.807, 2.05) is 25.1 Å². The number of aromatic nitrogens is 2. The number of imidazole rings is 1. The maximum atomic E-state index is 5.58. The van der Waals surface area contributed by atoms with Crippen LogP contribution >= 0.6 is 0 Å². The molecule has 5 heteroatoms. The molecule has 0 atom stereocenters. The molecule has 0 saturated heterocycles. The second kappa shape index (κ2) is 5.75. The first-order chi connectivity index (χ1) is 9.19. The first-order valence-corrected chi connectivity index (χ1v) is 6.17. The molecule has 1 heterocycles. The zero-order chi connectivity index (χ0) is 13.8. The number of aromatic amines is 1. The van der Waals surface area contributed by atoms with E-state index in [0.29, 0.717) is 6.54 Å². The number of nitrogens with zero attached hydrogens (tertiary/aromatic N) is 1. The van der Waals surface area contributed by atoms with Crippen LogP contribution in [0, 0.1) is 6.92 Å². The third-order valence-electron chi connectivity index (χ3n) is 3.03. The van der Waals surface area contributed by atoms with Crippen LogP contribution in [0.25, 0.3) is 11.4 Å². The van der Waals surface area contributed by atoms with Crippen molar-refractivity contribution in [3.63, 3.8) is 0 Å². The molecule has 0 amide bonds. The monoisotopic (exact) mass is 261 g/mol. The fourth-order valence-electron chi connectivity index (χ4n) is 2.00. The average molecular weight is 261 g/mol. The summed E-state index contributed by atoms with van der Waals surface area (Å²) in [4.78, 5) is 7.85. The molecule has 19 heavy (non-hydrogen) atoms. The summed E-state index contributed by atoms with van der Waals surface area (Å²) >= 11 is 0. The fraction of sp³-hybridized carbons (Fsp3) is 0.357. The molecule has 0 radical (unpaired) electrons. The Kier molecular flexibility index (Phi) is 4.06. The molecule has 102 valence electrons. The third-order valence-corrected chi connectivity index (χ3v) is 3.03. The van der Waals surface area contributed by atoms with Gasteiger partial charge < -0.3 is 20.2 Å². The van der Waals surface area contributed by atoms with Crippen LogP contribution in [0.5, 0.6) is 11.5 Å². The highest BCUT2D eigenvalue weighted by Crippen LogP contribution is 2.32. The van der Waals surface area contributed by atoms with Gasteiger partial charge in [0, 0.05) is 12.1 Å². The van der Waals surface area contributed by atoms with Crippen molar-refractivity contribution >= 4 is 0 Å². The summed E-state index contributed by atoms with van der Waals surface area (Å²) in [6.07, 6.45) is 0.759. The van der Waals surface area contributed by atoms with Crippen LogP contribution in [0.2, 0.25) is 0 Å². The SMILES string of the molecule is COc1ccc(OC)c(-c2nc(CCN)c(C)[nH]2)c1. The lowest BCUT2D eigenvalue weighted by Crippen LogP contribution is -2.03. The molecule has 5 nitrogen and oxygen atoms in total. The zero-order valence-corrected chi connectivity index (χ0v) is 11.5. The minimum Gasteiger partial charge on any atom is -0.497 e. The van der Waals surface area contributed by atoms with Gasteiger partial charge in [0.1, 0.15) is 17.3 Å². The lowest BCUT2D eigenvalue weighted by atomic mass is 10.2. The summed E-state index contributed by atoms with van der Waals surface area (Å²) < 4.78 is 10.6. The number of H-pyrrole nitrogens is 1. The smallest absolute Gasteiger partial charge is 0.141 e. The molecular formula is C14H19N3O2. The maximum absolute atomic E-state index is 5.58. The molecule has 0 bridgehead atoms. The second-order valence-electron chi connectivity index (χ2n) is 4.26. The molecule has 0 fully saturated rings. The Morgan fingerprint density at radius 3 is 2.68 bits per heavy atom. The summed E-state index contributed by atoms with van der Waals surface area (Å²) in [5, 5.41) is 0. The van der Waals surface area contributed by atoms with Crippen molar-refractivity contribution in [1.29, 1.82) is 0 Å². The molecule has 2 rings (SSSR count). The largest absolute Gasteiger partial charge is 0.497 e. The molecule has 0 aliphatic carbocycles. The number of nitrogens with one attached hydrogen (secondary N) is 1. The van der Waals surface area contributed by atoms with E-state index < -0.39 is 0 Å². The van der Waals surface area contributed by atoms with Gasteiger partial charge in [0.25, 0.3) is 0 Å². The van der Waals surface area contributed by atoms with Crippen molar-refractivity contribution in [2.45, 2.75) is 13.3 Å². The molecule has 1 aromatic carbocycles. The minimum absolute atomic E-state index is 0.584. The third kappa shape index (κ3) is 2.71. The molecular weight excluding hydrogens is 242 g/mol. The highest BCUT2D eigenvalue weighted by atomic mass is 16.5. The van der Waals surface area contributed by atoms with Crippen LogP contribution in [-0.2, 0) is 6.42 Å². The van der Waals surface area contributed by atoms with Gasteiger partial charge in [-0.2, -0.15) is 0 Å². The lowest BCUT2D eigenvalue weighted by Gasteiger charge is -2.08. The molecule has 0 aliphatic heterocycles. The van der Waals surface area contributed by atoms with E-state index in [1.165, 1.54) is 0 Å². The molecule has 1 aromatic heterocycles. The van der Waals surface area contributed by atoms with Crippen molar-refractivity contribution < 1.29 is 9.47 Å². The molecule has 0 saturated carbocycles. The van der Waals surface area contributed by atoms with Gasteiger partial charge in [-0.3, -0.25) is 0 Å². The van der Waals surface area contributed by atoms with Crippen molar-refractivity contribution in [2.24, 2.45) is 5.73 Å². The topological polar surface area (TPSA) is 73.2 Å². The van der Waals surface area contributed by atoms with Gasteiger partial charge in [-0.05, 0) is 31.7 Å². The maximum Gasteiger partial charge on any atom is 0.141 e. The summed E-state index contributed by atoms with van der Waals surface area (Å²) in [7, 11) is 3.28. The lowest BCUT2D eigenvalue weighted by molar-refractivity contribution is 0.404. The number of ether oxygens (including phenoxy) is 2. The zero-order valence-electron chi connectivity index (χ0n) is 11.5. The first-order valence-electron chi connectivity index (χ1n) is 6.17. The Hall–Kier alpha value is -2.01. The van der Waals surface area contributed by atoms with Crippen LogP contribution in [0.1, 0.15) is 11.4 Å². The molecule has 0 unspecified atom stereocenters. The van der Waals surface area contributed by atoms with E-state index in [-0.39, 0.29) is 0 Å². The summed E-state index contributed by atoms with van der Waals surface area (Å²) in [5.41, 5.74) is 8.48. The van der Waals surface area contributed by atoms with Gasteiger partial charge in [0.2, 0.25) is 0 Å². The van der Waals surface area contributed by atoms with Crippen LogP contribution in [0.3, 0.4) is 0 Å². The number of rotatable bonds is 5. The van der Waals surface area contributed by atoms with E-state index in [4.69, 9.17) is 15.2 Å². The number of nitrogens with two attached hydrogens (primary N) is 1. The van der Waals surface area contributed by atoms with Gasteiger partial charge in [-0.1, -0.05) is 0 Å². The van der Waals surface area contributed by atoms with Crippen LogP contribution in [0.4, 0.5) is 0 Å². The van der Waals surface area contributed by atoms with Gasteiger partial charge >= 0.3 is 0 Å². The van der Waals surface area contributed by atoms with Crippen molar-refractivity contribution in [3.8, 4) is 22.9 Å². The van der Waals surface area contributed by atoms with E-state index in [2.05, 4.69) is 9.97 Å². The van der Waals surface area contributed by atoms with Crippen LogP contribution in [0.15, 0.2) is 18.2 Å². The minimum atomic E-state index is 0.584. The Morgan fingerprint density at radius 1 is 1.26 bits per heavy atom. The summed E-state index contributed by atoms with van der Waals surface area (Å²) in [6, 6.07) is 5.64. The van der Waals surface area contributed by atoms with Crippen molar-refractivity contribution in [2.75, 3.05) is 20.8 Å². The summed E-state index contributed by atoms with van der Waals surface area (Å²) in [6.45, 7) is 2.58. The normalized spacial score (nSPS) is 10.5. The predicted molar refractivity (Wildman–Crippen MR) is 74.6 cm³/mol. The first kappa shape index (κ1) is 13.4. The standard InChI is InChI=1S/C14H19N3O2/c1-9-12(6-7-15)17-14(16-9)11-8-10(18-2)4-5-13(11)19-3/h4-5,8H,6-7,15H2,1-3H3,(H,16,17). The molecule has 2 aromatic rings. The van der Waals surface area contributed by atoms with Gasteiger partial charge in [0.05, 0.1) is 25.5 Å². The Balaban J connectivity index is 2.47. The van der Waals surface area contributed by atoms with Gasteiger partial charge in [-0.25, -0.2) is 4.98 Å². The van der Waals surface area contributed by atoms with E-state index in [0.717, 1.165) is 40.7 Å². The average Bonchev–Trinajstić information content (AvgIpc) is 2.80. The molecule has 0 spiro atoms. The Morgan fingerprint density at radius 2 is 2.05 bits per heavy atom. The van der Waals surface area contributed by atoms with Crippen molar-refractivity contribution in [1.82, 2.24) is 9.97 Å². The van der Waals surface area contributed by atoms with E-state index in [9.17, 15) is 0 Å². The number of hydrogen-bond acceptors (Lipinski definition) is 4. The van der Waals surface area contributed by atoms with Crippen LogP contribution in [-0.4, -0.2) is 30.7 Å². The highest BCUT2D eigenvalue weighted by molar-refractivity contribution is 5.67. The fourth-order valence-corrected chi connectivity index (χ4v) is 2.00. The molecule has 0 aliphatic rings. The quantitative estimate of drug-likeness (QED) is 0.862. The molecule has 3 N–H and O–H groups in total. The number of aryl methyl sites for hydroxylation is 1. The van der Waals surface area contributed by atoms with Gasteiger partial charge in [-0.15, -0.1) is 0 Å². The van der Waals surface area contributed by atoms with Gasteiger partial charge in [0.15, 0.2) is 0 Å². The van der Waals surface area contributed by atoms with E-state index >= 15 is 0 Å². The number of hydrogen-bond donors (Lipinski definition) is 2. The predicted octanol–water partition coefficient (Wildman–Crippen LogP) is 1.90. The second-order valence-corrected chi connectivity index (χ2v) is 4.26. The van der Waals surface area contributed by atoms with Crippen molar-refractivity contribution in [3.05, 3.63) is 29.6 Å². The Labute approximate surface area is 112 Å². The van der Waals surface area contributed by atoms with E-state index in [1.54, 1.807) is 14.2 Å². The Bertz CT molecular complexity index is 564. The van der Waals surface area contributed by atoms with Crippen LogP contribution < -0.4 is 15.2 Å². The number of benzene rings is 1. The number of methoxy groups -OCH3 is 2. The highest BCUT2D eigenvalue weighted by Gasteiger charge is 2.13. The summed E-state index contributed by atoms with van der Waals surface area (Å²) in [5.74, 6) is 2.30.